The Hall–Kier alpha value is -1.89. The van der Waals surface area contributed by atoms with Gasteiger partial charge in [0.15, 0.2) is 5.78 Å². The summed E-state index contributed by atoms with van der Waals surface area (Å²) in [6, 6.07) is 16.1. The second kappa shape index (κ2) is 4.41. The van der Waals surface area contributed by atoms with E-state index in [-0.39, 0.29) is 11.7 Å². The molecule has 0 fully saturated rings. The highest BCUT2D eigenvalue weighted by Crippen LogP contribution is 2.35. The van der Waals surface area contributed by atoms with Crippen LogP contribution in [-0.2, 0) is 6.42 Å². The lowest BCUT2D eigenvalue weighted by atomic mass is 9.91. The van der Waals surface area contributed by atoms with Crippen molar-refractivity contribution in [2.24, 2.45) is 0 Å². The van der Waals surface area contributed by atoms with E-state index in [4.69, 9.17) is 0 Å². The zero-order valence-electron chi connectivity index (χ0n) is 10.5. The molecule has 0 aliphatic heterocycles. The first-order valence-corrected chi connectivity index (χ1v) is 6.44. The molecule has 1 aliphatic rings. The van der Waals surface area contributed by atoms with Crippen molar-refractivity contribution in [1.82, 2.24) is 0 Å². The minimum atomic E-state index is 0.0577. The fourth-order valence-corrected chi connectivity index (χ4v) is 2.80. The molecule has 0 spiro atoms. The minimum absolute atomic E-state index is 0.0577. The Balaban J connectivity index is 1.97. The van der Waals surface area contributed by atoms with Gasteiger partial charge < -0.3 is 0 Å². The lowest BCUT2D eigenvalue weighted by molar-refractivity contribution is 0.0959. The summed E-state index contributed by atoms with van der Waals surface area (Å²) in [5.74, 6) is 0.322. The molecule has 0 saturated carbocycles. The zero-order chi connectivity index (χ0) is 12.5. The first-order valence-electron chi connectivity index (χ1n) is 6.44. The van der Waals surface area contributed by atoms with Gasteiger partial charge in [0.05, 0.1) is 0 Å². The van der Waals surface area contributed by atoms with Crippen LogP contribution >= 0.6 is 0 Å². The molecule has 18 heavy (non-hydrogen) atoms. The van der Waals surface area contributed by atoms with Crippen molar-refractivity contribution in [2.45, 2.75) is 25.7 Å². The van der Waals surface area contributed by atoms with Gasteiger partial charge in [-0.25, -0.2) is 0 Å². The first kappa shape index (κ1) is 11.2. The van der Waals surface area contributed by atoms with Gasteiger partial charge in [-0.15, -0.1) is 0 Å². The standard InChI is InChI=1S/C17H16O/c1-12-7-8-13-9-10-15(16(13)11-12)17(18)14-5-3-2-4-6-14/h2-8,11,15H,9-10H2,1H3. The van der Waals surface area contributed by atoms with Crippen molar-refractivity contribution in [3.05, 3.63) is 70.8 Å². The van der Waals surface area contributed by atoms with Crippen molar-refractivity contribution in [1.29, 1.82) is 0 Å². The van der Waals surface area contributed by atoms with Crippen LogP contribution in [-0.4, -0.2) is 5.78 Å². The Morgan fingerprint density at radius 2 is 1.89 bits per heavy atom. The van der Waals surface area contributed by atoms with Crippen LogP contribution in [0.2, 0.25) is 0 Å². The minimum Gasteiger partial charge on any atom is -0.293 e. The van der Waals surface area contributed by atoms with Crippen LogP contribution in [0.3, 0.4) is 0 Å². The van der Waals surface area contributed by atoms with Crippen LogP contribution < -0.4 is 0 Å². The van der Waals surface area contributed by atoms with E-state index in [9.17, 15) is 4.79 Å². The van der Waals surface area contributed by atoms with E-state index in [1.807, 2.05) is 30.3 Å². The summed E-state index contributed by atoms with van der Waals surface area (Å²) in [5.41, 5.74) is 4.65. The van der Waals surface area contributed by atoms with E-state index in [1.165, 1.54) is 16.7 Å². The van der Waals surface area contributed by atoms with E-state index in [0.29, 0.717) is 0 Å². The molecular formula is C17H16O. The molecule has 3 rings (SSSR count). The van der Waals surface area contributed by atoms with E-state index in [0.717, 1.165) is 18.4 Å². The van der Waals surface area contributed by atoms with Gasteiger partial charge in [-0.05, 0) is 30.9 Å². The summed E-state index contributed by atoms with van der Waals surface area (Å²) in [5, 5.41) is 0. The van der Waals surface area contributed by atoms with Gasteiger partial charge in [-0.3, -0.25) is 4.79 Å². The molecule has 0 amide bonds. The van der Waals surface area contributed by atoms with E-state index in [2.05, 4.69) is 25.1 Å². The number of benzene rings is 2. The van der Waals surface area contributed by atoms with Crippen LogP contribution in [0.5, 0.6) is 0 Å². The maximum atomic E-state index is 12.5. The summed E-state index contributed by atoms with van der Waals surface area (Å²) in [4.78, 5) is 12.5. The molecule has 1 nitrogen and oxygen atoms in total. The van der Waals surface area contributed by atoms with Crippen LogP contribution in [0.4, 0.5) is 0 Å². The molecule has 0 N–H and O–H groups in total. The van der Waals surface area contributed by atoms with Gasteiger partial charge in [-0.1, -0.05) is 54.1 Å². The summed E-state index contributed by atoms with van der Waals surface area (Å²) in [7, 11) is 0. The van der Waals surface area contributed by atoms with Crippen LogP contribution in [0.25, 0.3) is 0 Å². The maximum absolute atomic E-state index is 12.5. The quantitative estimate of drug-likeness (QED) is 0.722. The molecule has 0 bridgehead atoms. The molecule has 0 heterocycles. The SMILES string of the molecule is Cc1ccc2c(c1)C(C(=O)c1ccccc1)CC2. The number of carbonyl (C=O) groups excluding carboxylic acids is 1. The predicted molar refractivity (Wildman–Crippen MR) is 73.0 cm³/mol. The Bertz CT molecular complexity index is 584. The lowest BCUT2D eigenvalue weighted by Gasteiger charge is -2.11. The number of carbonyl (C=O) groups is 1. The topological polar surface area (TPSA) is 17.1 Å². The van der Waals surface area contributed by atoms with Crippen molar-refractivity contribution in [3.8, 4) is 0 Å². The Labute approximate surface area is 107 Å². The molecule has 2 aromatic rings. The molecular weight excluding hydrogens is 220 g/mol. The van der Waals surface area contributed by atoms with Gasteiger partial charge in [0.25, 0.3) is 0 Å². The van der Waals surface area contributed by atoms with Crippen LogP contribution in [0, 0.1) is 6.92 Å². The highest BCUT2D eigenvalue weighted by molar-refractivity contribution is 6.01. The molecule has 0 saturated heterocycles. The average molecular weight is 236 g/mol. The summed E-state index contributed by atoms with van der Waals surface area (Å²) in [6.45, 7) is 2.09. The van der Waals surface area contributed by atoms with E-state index < -0.39 is 0 Å². The number of ketones is 1. The number of Topliss-reactive ketones (excluding diaryl/α,β-unsaturated/α-hetero) is 1. The largest absolute Gasteiger partial charge is 0.293 e. The number of hydrogen-bond acceptors (Lipinski definition) is 1. The zero-order valence-corrected chi connectivity index (χ0v) is 10.5. The Morgan fingerprint density at radius 3 is 2.67 bits per heavy atom. The van der Waals surface area contributed by atoms with Crippen molar-refractivity contribution < 1.29 is 4.79 Å². The van der Waals surface area contributed by atoms with Crippen LogP contribution in [0.15, 0.2) is 48.5 Å². The van der Waals surface area contributed by atoms with Crippen LogP contribution in [0.1, 0.15) is 39.4 Å². The second-order valence-corrected chi connectivity index (χ2v) is 5.02. The average Bonchev–Trinajstić information content (AvgIpc) is 2.82. The van der Waals surface area contributed by atoms with Crippen molar-refractivity contribution >= 4 is 5.78 Å². The normalized spacial score (nSPS) is 17.5. The third-order valence-electron chi connectivity index (χ3n) is 3.75. The number of rotatable bonds is 2. The fourth-order valence-electron chi connectivity index (χ4n) is 2.80. The molecule has 90 valence electrons. The number of fused-ring (bicyclic) bond motifs is 1. The fraction of sp³-hybridized carbons (Fsp3) is 0.235. The maximum Gasteiger partial charge on any atom is 0.170 e. The molecule has 1 atom stereocenters. The predicted octanol–water partition coefficient (Wildman–Crippen LogP) is 3.91. The molecule has 0 radical (unpaired) electrons. The first-order chi connectivity index (χ1) is 8.75. The molecule has 1 aliphatic carbocycles. The van der Waals surface area contributed by atoms with Gasteiger partial charge in [0.1, 0.15) is 0 Å². The molecule has 2 aromatic carbocycles. The van der Waals surface area contributed by atoms with E-state index in [1.54, 1.807) is 0 Å². The second-order valence-electron chi connectivity index (χ2n) is 5.02. The summed E-state index contributed by atoms with van der Waals surface area (Å²) in [6.07, 6.45) is 1.98. The highest BCUT2D eigenvalue weighted by atomic mass is 16.1. The smallest absolute Gasteiger partial charge is 0.170 e. The highest BCUT2D eigenvalue weighted by Gasteiger charge is 2.28. The Kier molecular flexibility index (Phi) is 2.75. The van der Waals surface area contributed by atoms with Gasteiger partial charge in [-0.2, -0.15) is 0 Å². The third kappa shape index (κ3) is 1.86. The van der Waals surface area contributed by atoms with Gasteiger partial charge >= 0.3 is 0 Å². The Morgan fingerprint density at radius 1 is 1.11 bits per heavy atom. The molecule has 0 aromatic heterocycles. The van der Waals surface area contributed by atoms with Gasteiger partial charge in [0, 0.05) is 11.5 Å². The van der Waals surface area contributed by atoms with E-state index >= 15 is 0 Å². The van der Waals surface area contributed by atoms with Crippen molar-refractivity contribution in [2.75, 3.05) is 0 Å². The third-order valence-corrected chi connectivity index (χ3v) is 3.75. The van der Waals surface area contributed by atoms with Gasteiger partial charge in [0.2, 0.25) is 0 Å². The molecule has 1 unspecified atom stereocenters. The summed E-state index contributed by atoms with van der Waals surface area (Å²) >= 11 is 0. The summed E-state index contributed by atoms with van der Waals surface area (Å²) < 4.78 is 0. The monoisotopic (exact) mass is 236 g/mol. The number of hydrogen-bond donors (Lipinski definition) is 0. The number of aryl methyl sites for hydroxylation is 2. The molecule has 1 heteroatoms. The van der Waals surface area contributed by atoms with Crippen molar-refractivity contribution in [3.63, 3.8) is 0 Å². The lowest BCUT2D eigenvalue weighted by Crippen LogP contribution is -2.10.